The highest BCUT2D eigenvalue weighted by Gasteiger charge is 2.10. The van der Waals surface area contributed by atoms with Crippen molar-refractivity contribution in [2.45, 2.75) is 13.3 Å². The molecular formula is C14H12O4. The van der Waals surface area contributed by atoms with Crippen molar-refractivity contribution in [3.8, 4) is 0 Å². The molecule has 0 amide bonds. The van der Waals surface area contributed by atoms with Gasteiger partial charge in [-0.1, -0.05) is 13.0 Å². The van der Waals surface area contributed by atoms with Crippen LogP contribution in [0, 0.1) is 0 Å². The molecule has 0 unspecified atom stereocenters. The van der Waals surface area contributed by atoms with E-state index in [1.165, 1.54) is 6.07 Å². The number of rotatable bonds is 3. The molecule has 4 nitrogen and oxygen atoms in total. The van der Waals surface area contributed by atoms with Gasteiger partial charge in [-0.05, 0) is 47.0 Å². The van der Waals surface area contributed by atoms with E-state index in [2.05, 4.69) is 0 Å². The molecule has 0 aliphatic heterocycles. The normalized spacial score (nSPS) is 10.5. The van der Waals surface area contributed by atoms with Gasteiger partial charge in [0.1, 0.15) is 0 Å². The Morgan fingerprint density at radius 3 is 2.22 bits per heavy atom. The largest absolute Gasteiger partial charge is 0.478 e. The van der Waals surface area contributed by atoms with Crippen LogP contribution >= 0.6 is 0 Å². The Morgan fingerprint density at radius 2 is 1.67 bits per heavy atom. The molecule has 0 aromatic heterocycles. The predicted octanol–water partition coefficient (Wildman–Crippen LogP) is 2.80. The van der Waals surface area contributed by atoms with Crippen LogP contribution in [-0.2, 0) is 6.42 Å². The first-order chi connectivity index (χ1) is 8.52. The van der Waals surface area contributed by atoms with Gasteiger partial charge < -0.3 is 10.2 Å². The van der Waals surface area contributed by atoms with Crippen molar-refractivity contribution in [1.29, 1.82) is 0 Å². The van der Waals surface area contributed by atoms with Crippen LogP contribution in [0.15, 0.2) is 30.3 Å². The Hall–Kier alpha value is -2.36. The van der Waals surface area contributed by atoms with Gasteiger partial charge >= 0.3 is 11.9 Å². The lowest BCUT2D eigenvalue weighted by molar-refractivity contribution is 0.0686. The van der Waals surface area contributed by atoms with Crippen LogP contribution in [0.4, 0.5) is 0 Å². The number of aromatic carboxylic acids is 2. The van der Waals surface area contributed by atoms with E-state index in [4.69, 9.17) is 10.2 Å². The fourth-order valence-corrected chi connectivity index (χ4v) is 1.98. The van der Waals surface area contributed by atoms with Crippen LogP contribution in [0.1, 0.15) is 33.2 Å². The monoisotopic (exact) mass is 244 g/mol. The zero-order valence-corrected chi connectivity index (χ0v) is 9.80. The van der Waals surface area contributed by atoms with Crippen LogP contribution in [0.25, 0.3) is 10.8 Å². The maximum absolute atomic E-state index is 11.0. The fraction of sp³-hybridized carbons (Fsp3) is 0.143. The lowest BCUT2D eigenvalue weighted by atomic mass is 9.97. The SMILES string of the molecule is CCc1cc(C(=O)O)cc2ccc(C(=O)O)cc12. The summed E-state index contributed by atoms with van der Waals surface area (Å²) in [4.78, 5) is 21.9. The highest BCUT2D eigenvalue weighted by Crippen LogP contribution is 2.23. The van der Waals surface area contributed by atoms with E-state index in [0.717, 1.165) is 16.3 Å². The maximum atomic E-state index is 11.0. The molecule has 0 fully saturated rings. The van der Waals surface area contributed by atoms with Gasteiger partial charge in [-0.25, -0.2) is 9.59 Å². The molecule has 0 atom stereocenters. The third-order valence-electron chi connectivity index (χ3n) is 2.91. The second-order valence-corrected chi connectivity index (χ2v) is 4.04. The number of benzene rings is 2. The average Bonchev–Trinajstić information content (AvgIpc) is 2.36. The molecule has 0 saturated carbocycles. The number of hydrogen-bond donors (Lipinski definition) is 2. The van der Waals surface area contributed by atoms with Crippen LogP contribution in [0.2, 0.25) is 0 Å². The lowest BCUT2D eigenvalue weighted by Gasteiger charge is -2.07. The summed E-state index contributed by atoms with van der Waals surface area (Å²) in [6.45, 7) is 1.91. The summed E-state index contributed by atoms with van der Waals surface area (Å²) in [5.74, 6) is -1.96. The van der Waals surface area contributed by atoms with Gasteiger partial charge in [-0.15, -0.1) is 0 Å². The quantitative estimate of drug-likeness (QED) is 0.870. The van der Waals surface area contributed by atoms with Crippen molar-refractivity contribution in [2.75, 3.05) is 0 Å². The topological polar surface area (TPSA) is 74.6 Å². The number of fused-ring (bicyclic) bond motifs is 1. The third-order valence-corrected chi connectivity index (χ3v) is 2.91. The molecule has 0 saturated heterocycles. The van der Waals surface area contributed by atoms with E-state index in [1.807, 2.05) is 6.92 Å². The van der Waals surface area contributed by atoms with Crippen molar-refractivity contribution >= 4 is 22.7 Å². The summed E-state index contributed by atoms with van der Waals surface area (Å²) < 4.78 is 0. The molecule has 0 bridgehead atoms. The molecule has 0 spiro atoms. The van der Waals surface area contributed by atoms with Crippen molar-refractivity contribution < 1.29 is 19.8 Å². The lowest BCUT2D eigenvalue weighted by Crippen LogP contribution is -2.00. The minimum absolute atomic E-state index is 0.209. The first kappa shape index (κ1) is 12.1. The predicted molar refractivity (Wildman–Crippen MR) is 67.2 cm³/mol. The van der Waals surface area contributed by atoms with Gasteiger partial charge in [0.2, 0.25) is 0 Å². The summed E-state index contributed by atoms with van der Waals surface area (Å²) in [7, 11) is 0. The number of carboxylic acids is 2. The number of aryl methyl sites for hydroxylation is 1. The van der Waals surface area contributed by atoms with Crippen LogP contribution in [0.3, 0.4) is 0 Å². The molecule has 92 valence electrons. The van der Waals surface area contributed by atoms with Gasteiger partial charge in [-0.3, -0.25) is 0 Å². The summed E-state index contributed by atoms with van der Waals surface area (Å²) in [5.41, 5.74) is 1.27. The number of carboxylic acid groups (broad SMARTS) is 2. The van der Waals surface area contributed by atoms with Crippen LogP contribution < -0.4 is 0 Å². The smallest absolute Gasteiger partial charge is 0.335 e. The van der Waals surface area contributed by atoms with Gasteiger partial charge in [0, 0.05) is 0 Å². The van der Waals surface area contributed by atoms with Crippen LogP contribution in [0.5, 0.6) is 0 Å². The Labute approximate surface area is 103 Å². The summed E-state index contributed by atoms with van der Waals surface area (Å²) in [5, 5.41) is 19.5. The molecule has 18 heavy (non-hydrogen) atoms. The molecule has 0 heterocycles. The van der Waals surface area contributed by atoms with Gasteiger partial charge in [0.15, 0.2) is 0 Å². The van der Waals surface area contributed by atoms with Crippen molar-refractivity contribution in [3.63, 3.8) is 0 Å². The Bertz CT molecular complexity index is 644. The number of carbonyl (C=O) groups is 2. The van der Waals surface area contributed by atoms with E-state index in [0.29, 0.717) is 6.42 Å². The van der Waals surface area contributed by atoms with Gasteiger partial charge in [0.05, 0.1) is 11.1 Å². The minimum atomic E-state index is -0.985. The van der Waals surface area contributed by atoms with E-state index < -0.39 is 11.9 Å². The zero-order valence-electron chi connectivity index (χ0n) is 9.80. The standard InChI is InChI=1S/C14H12O4/c1-2-8-5-11(14(17)18)6-9-3-4-10(13(15)16)7-12(8)9/h3-7H,2H2,1H3,(H,15,16)(H,17,18). The summed E-state index contributed by atoms with van der Waals surface area (Å²) in [6, 6.07) is 7.86. The van der Waals surface area contributed by atoms with E-state index in [-0.39, 0.29) is 11.1 Å². The molecule has 0 aliphatic rings. The Kier molecular flexibility index (Phi) is 3.02. The Balaban J connectivity index is 2.75. The van der Waals surface area contributed by atoms with E-state index in [1.54, 1.807) is 24.3 Å². The fourth-order valence-electron chi connectivity index (χ4n) is 1.98. The minimum Gasteiger partial charge on any atom is -0.478 e. The molecule has 0 radical (unpaired) electrons. The Morgan fingerprint density at radius 1 is 1.00 bits per heavy atom. The van der Waals surface area contributed by atoms with Crippen molar-refractivity contribution in [2.24, 2.45) is 0 Å². The van der Waals surface area contributed by atoms with E-state index >= 15 is 0 Å². The van der Waals surface area contributed by atoms with Crippen molar-refractivity contribution in [3.05, 3.63) is 47.0 Å². The first-order valence-electron chi connectivity index (χ1n) is 5.56. The van der Waals surface area contributed by atoms with Gasteiger partial charge in [-0.2, -0.15) is 0 Å². The number of hydrogen-bond acceptors (Lipinski definition) is 2. The van der Waals surface area contributed by atoms with E-state index in [9.17, 15) is 9.59 Å². The highest BCUT2D eigenvalue weighted by molar-refractivity contribution is 5.99. The molecule has 2 aromatic rings. The third kappa shape index (κ3) is 2.05. The average molecular weight is 244 g/mol. The molecule has 2 aromatic carbocycles. The second-order valence-electron chi connectivity index (χ2n) is 4.04. The molecule has 2 rings (SSSR count). The summed E-state index contributed by atoms with van der Waals surface area (Å²) in [6.07, 6.45) is 0.653. The molecule has 4 heteroatoms. The molecular weight excluding hydrogens is 232 g/mol. The molecule has 2 N–H and O–H groups in total. The van der Waals surface area contributed by atoms with Crippen molar-refractivity contribution in [1.82, 2.24) is 0 Å². The molecule has 0 aliphatic carbocycles. The van der Waals surface area contributed by atoms with Gasteiger partial charge in [0.25, 0.3) is 0 Å². The van der Waals surface area contributed by atoms with Crippen LogP contribution in [-0.4, -0.2) is 22.2 Å². The summed E-state index contributed by atoms with van der Waals surface area (Å²) >= 11 is 0. The zero-order chi connectivity index (χ0) is 13.3. The first-order valence-corrected chi connectivity index (χ1v) is 5.56. The highest BCUT2D eigenvalue weighted by atomic mass is 16.4. The second kappa shape index (κ2) is 4.49. The maximum Gasteiger partial charge on any atom is 0.335 e.